The maximum Gasteiger partial charge on any atom is 0.426 e. The highest BCUT2D eigenvalue weighted by molar-refractivity contribution is 7.12. The number of hydrogen-bond acceptors (Lipinski definition) is 4. The van der Waals surface area contributed by atoms with Crippen LogP contribution in [-0.4, -0.2) is 17.1 Å². The van der Waals surface area contributed by atoms with Gasteiger partial charge >= 0.3 is 12.1 Å². The molecule has 0 radical (unpaired) electrons. The summed E-state index contributed by atoms with van der Waals surface area (Å²) >= 11 is 0.715. The van der Waals surface area contributed by atoms with Crippen LogP contribution in [0.4, 0.5) is 13.2 Å². The van der Waals surface area contributed by atoms with Crippen LogP contribution < -0.4 is 10.1 Å². The topological polar surface area (TPSA) is 58.6 Å². The number of ether oxygens (including phenoxy) is 1. The van der Waals surface area contributed by atoms with Gasteiger partial charge in [-0.1, -0.05) is 48.9 Å². The molecule has 0 aliphatic heterocycles. The zero-order chi connectivity index (χ0) is 24.8. The van der Waals surface area contributed by atoms with Gasteiger partial charge in [-0.25, -0.2) is 0 Å². The van der Waals surface area contributed by atoms with E-state index in [1.807, 2.05) is 24.3 Å². The van der Waals surface area contributed by atoms with E-state index in [0.29, 0.717) is 40.1 Å². The number of alkyl halides is 3. The quantitative estimate of drug-likeness (QED) is 0.326. The van der Waals surface area contributed by atoms with Crippen molar-refractivity contribution in [2.45, 2.75) is 57.5 Å². The zero-order valence-corrected chi connectivity index (χ0v) is 20.0. The highest BCUT2D eigenvalue weighted by Crippen LogP contribution is 2.43. The first kappa shape index (κ1) is 25.3. The van der Waals surface area contributed by atoms with Gasteiger partial charge in [-0.3, -0.25) is 4.79 Å². The Morgan fingerprint density at radius 3 is 2.51 bits per heavy atom. The summed E-state index contributed by atoms with van der Waals surface area (Å²) in [5.41, 5.74) is 1.78. The molecule has 8 heteroatoms. The lowest BCUT2D eigenvalue weighted by molar-refractivity contribution is -0.138. The molecule has 2 N–H and O–H groups in total. The number of carboxylic acids is 1. The number of thiophene rings is 1. The summed E-state index contributed by atoms with van der Waals surface area (Å²) in [4.78, 5) is 10.9. The Kier molecular flexibility index (Phi) is 8.13. The van der Waals surface area contributed by atoms with Crippen LogP contribution in [-0.2, 0) is 24.1 Å². The highest BCUT2D eigenvalue weighted by atomic mass is 32.1. The zero-order valence-electron chi connectivity index (χ0n) is 19.2. The summed E-state index contributed by atoms with van der Waals surface area (Å²) in [5, 5.41) is 12.5. The Morgan fingerprint density at radius 1 is 1.09 bits per heavy atom. The van der Waals surface area contributed by atoms with Crippen molar-refractivity contribution >= 4 is 17.3 Å². The van der Waals surface area contributed by atoms with Gasteiger partial charge in [-0.2, -0.15) is 13.2 Å². The average Bonchev–Trinajstić information content (AvgIpc) is 3.28. The molecule has 0 saturated heterocycles. The highest BCUT2D eigenvalue weighted by Gasteiger charge is 2.36. The van der Waals surface area contributed by atoms with Crippen molar-refractivity contribution in [2.75, 3.05) is 0 Å². The van der Waals surface area contributed by atoms with E-state index in [0.717, 1.165) is 31.2 Å². The van der Waals surface area contributed by atoms with Gasteiger partial charge in [0.1, 0.15) is 17.2 Å². The molecule has 186 valence electrons. The molecular formula is C27H28F3NO3S. The Bertz CT molecular complexity index is 1110. The van der Waals surface area contributed by atoms with Gasteiger partial charge in [-0.15, -0.1) is 11.3 Å². The standard InChI is InChI=1S/C27H28F3NO3S/c28-27(29,30)26-24(20-6-2-1-3-7-20)15-23(35-26)17-34-22-11-9-18(10-12-22)16-31-21-8-4-5-19(13-21)14-25(32)33/h1-3,6-7,9-12,15,19,21,31H,4-5,8,13-14,16-17H2,(H,32,33). The molecule has 3 aromatic rings. The van der Waals surface area contributed by atoms with E-state index in [1.165, 1.54) is 0 Å². The van der Waals surface area contributed by atoms with E-state index >= 15 is 0 Å². The predicted molar refractivity (Wildman–Crippen MR) is 130 cm³/mol. The number of carboxylic acid groups (broad SMARTS) is 1. The van der Waals surface area contributed by atoms with Crippen LogP contribution in [0.15, 0.2) is 60.7 Å². The molecule has 0 amide bonds. The number of halogens is 3. The fourth-order valence-corrected chi connectivity index (χ4v) is 5.54. The number of rotatable bonds is 9. The van der Waals surface area contributed by atoms with Gasteiger partial charge in [0, 0.05) is 29.4 Å². The van der Waals surface area contributed by atoms with Gasteiger partial charge in [0.05, 0.1) is 0 Å². The fourth-order valence-electron chi connectivity index (χ4n) is 4.58. The summed E-state index contributed by atoms with van der Waals surface area (Å²) < 4.78 is 46.5. The van der Waals surface area contributed by atoms with Crippen LogP contribution in [0.5, 0.6) is 5.75 Å². The number of nitrogens with one attached hydrogen (secondary N) is 1. The number of benzene rings is 2. The molecule has 2 unspecified atom stereocenters. The van der Waals surface area contributed by atoms with Crippen LogP contribution in [0.3, 0.4) is 0 Å². The Hall–Kier alpha value is -2.84. The molecular weight excluding hydrogens is 475 g/mol. The van der Waals surface area contributed by atoms with Crippen LogP contribution in [0, 0.1) is 5.92 Å². The molecule has 1 heterocycles. The third-order valence-corrected chi connectivity index (χ3v) is 7.42. The Labute approximate surface area is 206 Å². The lowest BCUT2D eigenvalue weighted by Crippen LogP contribution is -2.34. The van der Waals surface area contributed by atoms with E-state index in [1.54, 1.807) is 36.4 Å². The molecule has 1 saturated carbocycles. The molecule has 4 rings (SSSR count). The van der Waals surface area contributed by atoms with Gasteiger partial charge in [0.2, 0.25) is 0 Å². The third kappa shape index (κ3) is 7.08. The van der Waals surface area contributed by atoms with Gasteiger partial charge in [-0.05, 0) is 54.5 Å². The maximum absolute atomic E-state index is 13.6. The summed E-state index contributed by atoms with van der Waals surface area (Å²) in [6, 6.07) is 18.0. The van der Waals surface area contributed by atoms with Crippen molar-refractivity contribution in [1.29, 1.82) is 0 Å². The number of aliphatic carboxylic acids is 1. The van der Waals surface area contributed by atoms with Crippen molar-refractivity contribution < 1.29 is 27.8 Å². The molecule has 4 nitrogen and oxygen atoms in total. The molecule has 1 aliphatic carbocycles. The number of hydrogen-bond donors (Lipinski definition) is 2. The summed E-state index contributed by atoms with van der Waals surface area (Å²) in [5.74, 6) is 0.0860. The maximum atomic E-state index is 13.6. The van der Waals surface area contributed by atoms with Gasteiger partial charge < -0.3 is 15.2 Å². The molecule has 35 heavy (non-hydrogen) atoms. The molecule has 0 spiro atoms. The molecule has 1 aromatic heterocycles. The third-order valence-electron chi connectivity index (χ3n) is 6.27. The predicted octanol–water partition coefficient (Wildman–Crippen LogP) is 7.14. The molecule has 1 fully saturated rings. The van der Waals surface area contributed by atoms with E-state index in [-0.39, 0.29) is 24.5 Å². The first-order chi connectivity index (χ1) is 16.8. The Balaban J connectivity index is 1.32. The van der Waals surface area contributed by atoms with E-state index < -0.39 is 17.0 Å². The van der Waals surface area contributed by atoms with Crippen molar-refractivity contribution in [1.82, 2.24) is 5.32 Å². The smallest absolute Gasteiger partial charge is 0.426 e. The fraction of sp³-hybridized carbons (Fsp3) is 0.370. The molecule has 2 atom stereocenters. The summed E-state index contributed by atoms with van der Waals surface area (Å²) in [6.45, 7) is 0.732. The minimum atomic E-state index is -4.42. The lowest BCUT2D eigenvalue weighted by Gasteiger charge is -2.29. The minimum Gasteiger partial charge on any atom is -0.488 e. The first-order valence-corrected chi connectivity index (χ1v) is 12.5. The number of carbonyl (C=O) groups is 1. The first-order valence-electron chi connectivity index (χ1n) is 11.7. The normalized spacial score (nSPS) is 18.4. The summed E-state index contributed by atoms with van der Waals surface area (Å²) in [7, 11) is 0. The Morgan fingerprint density at radius 2 is 1.83 bits per heavy atom. The lowest BCUT2D eigenvalue weighted by atomic mass is 9.84. The average molecular weight is 504 g/mol. The van der Waals surface area contributed by atoms with Crippen LogP contribution in [0.1, 0.15) is 47.4 Å². The summed E-state index contributed by atoms with van der Waals surface area (Å²) in [6.07, 6.45) is -0.270. The molecule has 2 aromatic carbocycles. The van der Waals surface area contributed by atoms with Crippen LogP contribution in [0.25, 0.3) is 11.1 Å². The second-order valence-electron chi connectivity index (χ2n) is 8.96. The van der Waals surface area contributed by atoms with Crippen LogP contribution in [0.2, 0.25) is 0 Å². The van der Waals surface area contributed by atoms with Crippen molar-refractivity contribution in [3.63, 3.8) is 0 Å². The second kappa shape index (κ2) is 11.3. The molecule has 0 bridgehead atoms. The van der Waals surface area contributed by atoms with Gasteiger partial charge in [0.15, 0.2) is 0 Å². The second-order valence-corrected chi connectivity index (χ2v) is 10.1. The van der Waals surface area contributed by atoms with Gasteiger partial charge in [0.25, 0.3) is 0 Å². The van der Waals surface area contributed by atoms with E-state index in [4.69, 9.17) is 9.84 Å². The van der Waals surface area contributed by atoms with E-state index in [2.05, 4.69) is 5.32 Å². The largest absolute Gasteiger partial charge is 0.488 e. The van der Waals surface area contributed by atoms with Crippen molar-refractivity contribution in [3.8, 4) is 16.9 Å². The van der Waals surface area contributed by atoms with Crippen molar-refractivity contribution in [2.24, 2.45) is 5.92 Å². The monoisotopic (exact) mass is 503 g/mol. The SMILES string of the molecule is O=C(O)CC1CCCC(NCc2ccc(OCc3cc(-c4ccccc4)c(C(F)(F)F)s3)cc2)C1. The van der Waals surface area contributed by atoms with E-state index in [9.17, 15) is 18.0 Å². The minimum absolute atomic E-state index is 0.0607. The molecule has 1 aliphatic rings. The van der Waals surface area contributed by atoms with Crippen molar-refractivity contribution in [3.05, 3.63) is 76.0 Å². The van der Waals surface area contributed by atoms with Crippen LogP contribution >= 0.6 is 11.3 Å².